The lowest BCUT2D eigenvalue weighted by Crippen LogP contribution is -2.31. The highest BCUT2D eigenvalue weighted by Crippen LogP contribution is 2.49. The van der Waals surface area contributed by atoms with Gasteiger partial charge in [0.2, 0.25) is 6.79 Å². The zero-order chi connectivity index (χ0) is 24.2. The maximum Gasteiger partial charge on any atom is 0.231 e. The normalized spacial score (nSPS) is 16.1. The van der Waals surface area contributed by atoms with Gasteiger partial charge in [-0.25, -0.2) is 0 Å². The number of phenols is 1. The van der Waals surface area contributed by atoms with E-state index >= 15 is 0 Å². The van der Waals surface area contributed by atoms with Crippen molar-refractivity contribution in [1.29, 1.82) is 0 Å². The molecule has 1 unspecified atom stereocenters. The van der Waals surface area contributed by atoms with Crippen LogP contribution in [0.25, 0.3) is 11.1 Å². The molecular formula is C29H31NO5. The maximum atomic E-state index is 10.1. The van der Waals surface area contributed by atoms with Gasteiger partial charge in [-0.2, -0.15) is 0 Å². The minimum atomic E-state index is -0.561. The Labute approximate surface area is 205 Å². The minimum absolute atomic E-state index is 0.234. The molecule has 3 N–H and O–H groups in total. The van der Waals surface area contributed by atoms with Crippen molar-refractivity contribution in [1.82, 2.24) is 5.32 Å². The van der Waals surface area contributed by atoms with Gasteiger partial charge in [0.1, 0.15) is 24.2 Å². The number of rotatable bonds is 10. The van der Waals surface area contributed by atoms with E-state index in [0.717, 1.165) is 53.1 Å². The number of hydrogen-bond acceptors (Lipinski definition) is 6. The fourth-order valence-corrected chi connectivity index (χ4v) is 4.41. The summed E-state index contributed by atoms with van der Waals surface area (Å²) in [5, 5.41) is 23.1. The Balaban J connectivity index is 1.51. The molecule has 5 rings (SSSR count). The molecule has 1 aliphatic carbocycles. The largest absolute Gasteiger partial charge is 0.508 e. The van der Waals surface area contributed by atoms with E-state index in [-0.39, 0.29) is 19.1 Å². The highest BCUT2D eigenvalue weighted by Gasteiger charge is 2.31. The third-order valence-electron chi connectivity index (χ3n) is 6.31. The van der Waals surface area contributed by atoms with Crippen LogP contribution in [0.3, 0.4) is 0 Å². The van der Waals surface area contributed by atoms with Crippen LogP contribution in [-0.4, -0.2) is 42.8 Å². The van der Waals surface area contributed by atoms with Gasteiger partial charge in [-0.3, -0.25) is 0 Å². The van der Waals surface area contributed by atoms with Gasteiger partial charge in [0.05, 0.1) is 0 Å². The molecule has 1 saturated carbocycles. The fourth-order valence-electron chi connectivity index (χ4n) is 4.41. The van der Waals surface area contributed by atoms with Gasteiger partial charge in [-0.15, -0.1) is 0 Å². The lowest BCUT2D eigenvalue weighted by Gasteiger charge is -2.18. The summed E-state index contributed by atoms with van der Waals surface area (Å²) in [6, 6.07) is 21.5. The summed E-state index contributed by atoms with van der Waals surface area (Å²) in [4.78, 5) is 0. The molecule has 0 spiro atoms. The van der Waals surface area contributed by atoms with Crippen LogP contribution in [0.4, 0.5) is 0 Å². The van der Waals surface area contributed by atoms with Crippen molar-refractivity contribution in [2.45, 2.75) is 25.9 Å². The molecule has 0 aromatic heterocycles. The van der Waals surface area contributed by atoms with E-state index in [1.165, 1.54) is 5.57 Å². The molecule has 2 aliphatic rings. The van der Waals surface area contributed by atoms with Crippen molar-refractivity contribution < 1.29 is 24.4 Å². The van der Waals surface area contributed by atoms with Crippen molar-refractivity contribution in [3.8, 4) is 23.0 Å². The first-order valence-corrected chi connectivity index (χ1v) is 12.2. The van der Waals surface area contributed by atoms with Crippen LogP contribution in [0.15, 0.2) is 66.7 Å². The van der Waals surface area contributed by atoms with Gasteiger partial charge in [0.25, 0.3) is 0 Å². The number of phenolic OH excluding ortho intramolecular Hbond substituents is 1. The van der Waals surface area contributed by atoms with Gasteiger partial charge in [0.15, 0.2) is 11.5 Å². The Kier molecular flexibility index (Phi) is 6.93. The maximum absolute atomic E-state index is 10.1. The van der Waals surface area contributed by atoms with Crippen LogP contribution in [0.1, 0.15) is 36.5 Å². The van der Waals surface area contributed by atoms with Crippen molar-refractivity contribution in [2.24, 2.45) is 5.92 Å². The Morgan fingerprint density at radius 2 is 1.60 bits per heavy atom. The summed E-state index contributed by atoms with van der Waals surface area (Å²) < 4.78 is 17.0. The smallest absolute Gasteiger partial charge is 0.231 e. The average Bonchev–Trinajstić information content (AvgIpc) is 3.61. The molecule has 35 heavy (non-hydrogen) atoms. The van der Waals surface area contributed by atoms with Gasteiger partial charge in [-0.05, 0) is 89.5 Å². The Morgan fingerprint density at radius 1 is 0.943 bits per heavy atom. The first kappa shape index (κ1) is 23.3. The Morgan fingerprint density at radius 3 is 2.29 bits per heavy atom. The topological polar surface area (TPSA) is 80.2 Å². The standard InChI is InChI=1S/C29H31NO5/c1-2-30-16-24(32)17-33-25-12-7-21(8-13-25)28(20-5-10-23(31)11-6-20)29(19-3-4-19)22-9-14-26-27(15-22)35-18-34-26/h5-15,19,24,30-32H,2-4,16-18H2,1H3/b29-28+. The van der Waals surface area contributed by atoms with E-state index < -0.39 is 6.10 Å². The van der Waals surface area contributed by atoms with Crippen LogP contribution < -0.4 is 19.5 Å². The molecule has 0 bridgehead atoms. The summed E-state index contributed by atoms with van der Waals surface area (Å²) in [5.74, 6) is 2.95. The van der Waals surface area contributed by atoms with Crippen molar-refractivity contribution in [2.75, 3.05) is 26.5 Å². The highest BCUT2D eigenvalue weighted by molar-refractivity contribution is 6.00. The predicted molar refractivity (Wildman–Crippen MR) is 136 cm³/mol. The lowest BCUT2D eigenvalue weighted by atomic mass is 9.87. The molecule has 3 aromatic carbocycles. The second-order valence-corrected chi connectivity index (χ2v) is 8.97. The second-order valence-electron chi connectivity index (χ2n) is 8.97. The molecule has 6 nitrogen and oxygen atoms in total. The zero-order valence-electron chi connectivity index (χ0n) is 19.9. The average molecular weight is 474 g/mol. The van der Waals surface area contributed by atoms with E-state index in [0.29, 0.717) is 18.2 Å². The zero-order valence-corrected chi connectivity index (χ0v) is 19.9. The van der Waals surface area contributed by atoms with E-state index in [9.17, 15) is 10.2 Å². The summed E-state index contributed by atoms with van der Waals surface area (Å²) in [6.07, 6.45) is 1.71. The molecule has 6 heteroatoms. The van der Waals surface area contributed by atoms with E-state index in [4.69, 9.17) is 14.2 Å². The van der Waals surface area contributed by atoms with E-state index in [1.54, 1.807) is 12.1 Å². The number of aliphatic hydroxyl groups is 1. The molecule has 0 saturated heterocycles. The molecule has 1 aliphatic heterocycles. The molecule has 1 heterocycles. The van der Waals surface area contributed by atoms with Crippen molar-refractivity contribution in [3.63, 3.8) is 0 Å². The molecule has 182 valence electrons. The van der Waals surface area contributed by atoms with E-state index in [1.807, 2.05) is 37.3 Å². The molecular weight excluding hydrogens is 442 g/mol. The van der Waals surface area contributed by atoms with Crippen LogP contribution in [0.5, 0.6) is 23.0 Å². The van der Waals surface area contributed by atoms with Crippen LogP contribution in [0.2, 0.25) is 0 Å². The molecule has 1 atom stereocenters. The first-order chi connectivity index (χ1) is 17.1. The second kappa shape index (κ2) is 10.4. The van der Waals surface area contributed by atoms with Crippen molar-refractivity contribution >= 4 is 11.1 Å². The monoisotopic (exact) mass is 473 g/mol. The number of ether oxygens (including phenoxy) is 3. The van der Waals surface area contributed by atoms with Gasteiger partial charge < -0.3 is 29.7 Å². The van der Waals surface area contributed by atoms with Gasteiger partial charge in [0, 0.05) is 6.54 Å². The lowest BCUT2D eigenvalue weighted by molar-refractivity contribution is 0.107. The quantitative estimate of drug-likeness (QED) is 0.366. The summed E-state index contributed by atoms with van der Waals surface area (Å²) in [5.41, 5.74) is 5.62. The third-order valence-corrected chi connectivity index (χ3v) is 6.31. The number of likely N-dealkylation sites (N-methyl/N-ethyl adjacent to an activating group) is 1. The fraction of sp³-hybridized carbons (Fsp3) is 0.310. The number of aromatic hydroxyl groups is 1. The molecule has 0 amide bonds. The first-order valence-electron chi connectivity index (χ1n) is 12.2. The van der Waals surface area contributed by atoms with Gasteiger partial charge in [-0.1, -0.05) is 37.3 Å². The summed E-state index contributed by atoms with van der Waals surface area (Å²) >= 11 is 0. The van der Waals surface area contributed by atoms with E-state index in [2.05, 4.69) is 29.6 Å². The number of nitrogens with one attached hydrogen (secondary N) is 1. The van der Waals surface area contributed by atoms with Crippen LogP contribution in [0, 0.1) is 5.92 Å². The SMILES string of the molecule is CCNCC(O)COc1ccc(/C(=C(/c2ccc3c(c2)OCO3)C2CC2)c2ccc(O)cc2)cc1. The van der Waals surface area contributed by atoms with Crippen molar-refractivity contribution in [3.05, 3.63) is 83.4 Å². The number of fused-ring (bicyclic) bond motifs is 1. The number of aliphatic hydroxyl groups excluding tert-OH is 1. The minimum Gasteiger partial charge on any atom is -0.508 e. The highest BCUT2D eigenvalue weighted by atomic mass is 16.7. The molecule has 3 aromatic rings. The Hall–Kier alpha value is -3.48. The summed E-state index contributed by atoms with van der Waals surface area (Å²) in [6.45, 7) is 3.80. The predicted octanol–water partition coefficient (Wildman–Crippen LogP) is 4.84. The Bertz CT molecular complexity index is 1180. The number of benzene rings is 3. The summed E-state index contributed by atoms with van der Waals surface area (Å²) in [7, 11) is 0. The van der Waals surface area contributed by atoms with Crippen LogP contribution >= 0.6 is 0 Å². The molecule has 1 fully saturated rings. The number of allylic oxidation sites excluding steroid dienone is 1. The van der Waals surface area contributed by atoms with Crippen LogP contribution in [-0.2, 0) is 0 Å². The third kappa shape index (κ3) is 5.45. The molecule has 0 radical (unpaired) electrons. The van der Waals surface area contributed by atoms with Gasteiger partial charge >= 0.3 is 0 Å². The number of hydrogen-bond donors (Lipinski definition) is 3.